The van der Waals surface area contributed by atoms with Gasteiger partial charge in [-0.2, -0.15) is 0 Å². The molecule has 0 radical (unpaired) electrons. The van der Waals surface area contributed by atoms with Gasteiger partial charge in [0.15, 0.2) is 0 Å². The van der Waals surface area contributed by atoms with Crippen LogP contribution in [0.2, 0.25) is 0 Å². The van der Waals surface area contributed by atoms with Crippen LogP contribution in [-0.2, 0) is 31.9 Å². The number of esters is 2. The summed E-state index contributed by atoms with van der Waals surface area (Å²) in [5.41, 5.74) is 5.64. The molecule has 2 N–H and O–H groups in total. The molecule has 1 aliphatic carbocycles. The van der Waals surface area contributed by atoms with Gasteiger partial charge >= 0.3 is 11.9 Å². The SMILES string of the molecule is C=C(C)C(=O)OCCCc1cc(-c2ccc(-c3ccc(C4CCC(CCCCC)CC4)cc3)cc2F)cc(CCCOC(=O)CC)c1OCCC(CO)(CO)CCCC. The van der Waals surface area contributed by atoms with E-state index in [-0.39, 0.29) is 44.8 Å². The Hall–Kier alpha value is -4.01. The highest BCUT2D eigenvalue weighted by Gasteiger charge is 2.29. The predicted molar refractivity (Wildman–Crippen MR) is 236 cm³/mol. The van der Waals surface area contributed by atoms with Gasteiger partial charge in [-0.25, -0.2) is 9.18 Å². The number of benzene rings is 3. The van der Waals surface area contributed by atoms with Crippen molar-refractivity contribution in [3.8, 4) is 28.0 Å². The Morgan fingerprint density at radius 1 is 0.746 bits per heavy atom. The number of halogens is 1. The summed E-state index contributed by atoms with van der Waals surface area (Å²) in [6.45, 7) is 11.7. The van der Waals surface area contributed by atoms with Crippen molar-refractivity contribution in [3.05, 3.63) is 89.3 Å². The summed E-state index contributed by atoms with van der Waals surface area (Å²) in [5, 5.41) is 20.6. The largest absolute Gasteiger partial charge is 0.493 e. The van der Waals surface area contributed by atoms with Crippen LogP contribution in [0.3, 0.4) is 0 Å². The van der Waals surface area contributed by atoms with Crippen LogP contribution >= 0.6 is 0 Å². The van der Waals surface area contributed by atoms with Gasteiger partial charge in [-0.3, -0.25) is 4.79 Å². The van der Waals surface area contributed by atoms with E-state index in [9.17, 15) is 19.8 Å². The second-order valence-electron chi connectivity index (χ2n) is 16.9. The molecule has 1 aliphatic rings. The lowest BCUT2D eigenvalue weighted by Crippen LogP contribution is -2.32. The van der Waals surface area contributed by atoms with Crippen molar-refractivity contribution in [1.82, 2.24) is 0 Å². The van der Waals surface area contributed by atoms with E-state index in [0.717, 1.165) is 41.0 Å². The fourth-order valence-corrected chi connectivity index (χ4v) is 8.32. The third kappa shape index (κ3) is 14.6. The van der Waals surface area contributed by atoms with E-state index >= 15 is 4.39 Å². The second-order valence-corrected chi connectivity index (χ2v) is 16.9. The third-order valence-corrected chi connectivity index (χ3v) is 12.2. The molecule has 8 heteroatoms. The molecule has 0 amide bonds. The summed E-state index contributed by atoms with van der Waals surface area (Å²) in [5.74, 6) is 1.04. The van der Waals surface area contributed by atoms with Gasteiger partial charge in [0, 0.05) is 23.0 Å². The number of carbonyl (C=O) groups excluding carboxylic acids is 2. The van der Waals surface area contributed by atoms with E-state index in [2.05, 4.69) is 44.7 Å². The Labute approximate surface area is 353 Å². The van der Waals surface area contributed by atoms with E-state index < -0.39 is 11.4 Å². The van der Waals surface area contributed by atoms with Gasteiger partial charge < -0.3 is 24.4 Å². The molecule has 1 fully saturated rings. The summed E-state index contributed by atoms with van der Waals surface area (Å²) in [6.07, 6.45) is 15.7. The van der Waals surface area contributed by atoms with E-state index in [1.54, 1.807) is 19.9 Å². The molecular weight excluding hydrogens is 744 g/mol. The third-order valence-electron chi connectivity index (χ3n) is 12.2. The first-order valence-corrected chi connectivity index (χ1v) is 22.5. The minimum atomic E-state index is -0.667. The van der Waals surface area contributed by atoms with Crippen LogP contribution in [0.25, 0.3) is 22.3 Å². The molecular formula is C51H71FO7. The second kappa shape index (κ2) is 24.9. The first kappa shape index (κ1) is 47.7. The lowest BCUT2D eigenvalue weighted by Gasteiger charge is -2.30. The van der Waals surface area contributed by atoms with Gasteiger partial charge in [-0.05, 0) is 135 Å². The molecule has 0 spiro atoms. The lowest BCUT2D eigenvalue weighted by atomic mass is 9.77. The summed E-state index contributed by atoms with van der Waals surface area (Å²) < 4.78 is 33.7. The number of aryl methyl sites for hydroxylation is 2. The maximum absolute atomic E-state index is 16.3. The lowest BCUT2D eigenvalue weighted by molar-refractivity contribution is -0.143. The van der Waals surface area contributed by atoms with Gasteiger partial charge in [0.05, 0.1) is 33.0 Å². The van der Waals surface area contributed by atoms with Crippen molar-refractivity contribution in [2.45, 2.75) is 143 Å². The molecule has 324 valence electrons. The summed E-state index contributed by atoms with van der Waals surface area (Å²) >= 11 is 0. The van der Waals surface area contributed by atoms with Gasteiger partial charge in [0.25, 0.3) is 0 Å². The predicted octanol–water partition coefficient (Wildman–Crippen LogP) is 11.9. The van der Waals surface area contributed by atoms with Gasteiger partial charge in [0.2, 0.25) is 0 Å². The molecule has 3 aromatic carbocycles. The molecule has 0 aromatic heterocycles. The fourth-order valence-electron chi connectivity index (χ4n) is 8.32. The van der Waals surface area contributed by atoms with Crippen molar-refractivity contribution >= 4 is 11.9 Å². The number of unbranched alkanes of at least 4 members (excludes halogenated alkanes) is 3. The van der Waals surface area contributed by atoms with Crippen molar-refractivity contribution in [1.29, 1.82) is 0 Å². The van der Waals surface area contributed by atoms with Crippen molar-refractivity contribution < 1.29 is 38.4 Å². The van der Waals surface area contributed by atoms with Crippen LogP contribution in [-0.4, -0.2) is 55.2 Å². The fraction of sp³-hybridized carbons (Fsp3) is 0.569. The standard InChI is InChI=1S/C51H71FO7/c1-6-9-11-14-38-17-19-39(20-18-38)40-21-23-41(24-22-40)42-25-26-46(47(52)34-42)45-32-43(15-12-29-57-48(55)8-3)49(44(33-45)16-13-30-59-50(56)37(4)5)58-31-28-51(35-53,36-54)27-10-7-2/h21-26,32-34,38-39,53-54H,4,6-20,27-31,35-36H2,1-3,5H3. The smallest absolute Gasteiger partial charge is 0.333 e. The molecule has 4 rings (SSSR count). The number of carbonyl (C=O) groups is 2. The maximum Gasteiger partial charge on any atom is 0.333 e. The minimum absolute atomic E-state index is 0.151. The number of rotatable bonds is 26. The van der Waals surface area contributed by atoms with Crippen LogP contribution in [0, 0.1) is 17.2 Å². The van der Waals surface area contributed by atoms with Gasteiger partial charge in [-0.1, -0.05) is 102 Å². The Morgan fingerprint density at radius 2 is 1.37 bits per heavy atom. The summed E-state index contributed by atoms with van der Waals surface area (Å²) in [7, 11) is 0. The van der Waals surface area contributed by atoms with Gasteiger partial charge in [-0.15, -0.1) is 0 Å². The van der Waals surface area contributed by atoms with Crippen molar-refractivity contribution in [3.63, 3.8) is 0 Å². The highest BCUT2D eigenvalue weighted by Crippen LogP contribution is 2.40. The monoisotopic (exact) mass is 815 g/mol. The topological polar surface area (TPSA) is 102 Å². The number of hydrogen-bond acceptors (Lipinski definition) is 7. The molecule has 0 unspecified atom stereocenters. The van der Waals surface area contributed by atoms with Crippen LogP contribution in [0.4, 0.5) is 4.39 Å². The normalized spacial score (nSPS) is 15.5. The highest BCUT2D eigenvalue weighted by atomic mass is 19.1. The summed E-state index contributed by atoms with van der Waals surface area (Å²) in [4.78, 5) is 24.1. The molecule has 3 aromatic rings. The summed E-state index contributed by atoms with van der Waals surface area (Å²) in [6, 6.07) is 18.0. The van der Waals surface area contributed by atoms with Crippen LogP contribution < -0.4 is 4.74 Å². The van der Waals surface area contributed by atoms with Crippen LogP contribution in [0.5, 0.6) is 5.75 Å². The van der Waals surface area contributed by atoms with E-state index in [1.807, 2.05) is 24.3 Å². The average molecular weight is 815 g/mol. The van der Waals surface area contributed by atoms with Crippen LogP contribution in [0.1, 0.15) is 147 Å². The van der Waals surface area contributed by atoms with Gasteiger partial charge in [0.1, 0.15) is 11.6 Å². The zero-order valence-electron chi connectivity index (χ0n) is 36.4. The van der Waals surface area contributed by atoms with E-state index in [0.29, 0.717) is 73.3 Å². The molecule has 0 saturated heterocycles. The van der Waals surface area contributed by atoms with Crippen LogP contribution in [0.15, 0.2) is 66.7 Å². The molecule has 59 heavy (non-hydrogen) atoms. The number of ether oxygens (including phenoxy) is 3. The zero-order chi connectivity index (χ0) is 42.6. The highest BCUT2D eigenvalue weighted by molar-refractivity contribution is 5.86. The Balaban J connectivity index is 1.61. The van der Waals surface area contributed by atoms with Crippen molar-refractivity contribution in [2.75, 3.05) is 33.0 Å². The van der Waals surface area contributed by atoms with E-state index in [4.69, 9.17) is 14.2 Å². The Bertz CT molecular complexity index is 1750. The first-order chi connectivity index (χ1) is 28.6. The first-order valence-electron chi connectivity index (χ1n) is 22.5. The minimum Gasteiger partial charge on any atom is -0.493 e. The maximum atomic E-state index is 16.3. The number of hydrogen-bond donors (Lipinski definition) is 2. The molecule has 7 nitrogen and oxygen atoms in total. The quantitative estimate of drug-likeness (QED) is 0.0473. The Morgan fingerprint density at radius 3 is 1.95 bits per heavy atom. The number of aliphatic hydroxyl groups excluding tert-OH is 2. The zero-order valence-corrected chi connectivity index (χ0v) is 36.4. The molecule has 0 heterocycles. The van der Waals surface area contributed by atoms with Crippen molar-refractivity contribution in [2.24, 2.45) is 11.3 Å². The number of aliphatic hydroxyl groups is 2. The molecule has 1 saturated carbocycles. The van der Waals surface area contributed by atoms with E-state index in [1.165, 1.54) is 56.9 Å². The molecule has 0 atom stereocenters. The molecule has 0 aliphatic heterocycles. The molecule has 0 bridgehead atoms. The Kier molecular flexibility index (Phi) is 20.1. The average Bonchev–Trinajstić information content (AvgIpc) is 3.25.